The van der Waals surface area contributed by atoms with Gasteiger partial charge in [-0.25, -0.2) is 0 Å². The molecule has 5 rings (SSSR count). The summed E-state index contributed by atoms with van der Waals surface area (Å²) in [7, 11) is 2.93. The van der Waals surface area contributed by atoms with Crippen molar-refractivity contribution in [1.29, 1.82) is 0 Å². The number of methoxy groups -OCH3 is 2. The standard InChI is InChI=1S/C27H27N2O8S/c1-36-12-8-14(37-2)18-15(9-12)38-16-10-13-17(22(30)19(16)24(18)32)23(31)20(26(28)34)25(33)21(13)29-27(35)11-6-4-3-5-7-11/h3-9,13,16-17,19,21-22,30,33,38H,10H2,1-2H3,(H2,28,34)(H,29,35). The van der Waals surface area contributed by atoms with Crippen LogP contribution in [-0.4, -0.2) is 65.2 Å². The molecular formula is C27H27N2O8S. The Labute approximate surface area is 222 Å². The second-order valence-electron chi connectivity index (χ2n) is 9.53. The van der Waals surface area contributed by atoms with Crippen LogP contribution >= 0.6 is 11.8 Å². The van der Waals surface area contributed by atoms with Crippen LogP contribution in [0.4, 0.5) is 0 Å². The maximum absolute atomic E-state index is 13.7. The molecule has 3 aliphatic rings. The number of carbonyl (C=O) groups excluding carboxylic acids is 4. The molecule has 10 nitrogen and oxygen atoms in total. The van der Waals surface area contributed by atoms with E-state index in [9.17, 15) is 29.4 Å². The predicted octanol–water partition coefficient (Wildman–Crippen LogP) is 1.39. The fourth-order valence-electron chi connectivity index (χ4n) is 5.87. The molecule has 2 aromatic rings. The zero-order valence-corrected chi connectivity index (χ0v) is 21.5. The number of hydrogen-bond donors (Lipinski definition) is 5. The van der Waals surface area contributed by atoms with Crippen LogP contribution in [0.25, 0.3) is 0 Å². The Morgan fingerprint density at radius 3 is 2.39 bits per heavy atom. The number of rotatable bonds is 5. The molecule has 11 heteroatoms. The molecule has 2 aliphatic carbocycles. The summed E-state index contributed by atoms with van der Waals surface area (Å²) in [5.41, 5.74) is 5.38. The van der Waals surface area contributed by atoms with E-state index in [1.54, 1.807) is 42.5 Å². The Hall–Kier alpha value is -3.83. The summed E-state index contributed by atoms with van der Waals surface area (Å²) in [6, 6.07) is 10.4. The fraction of sp³-hybridized carbons (Fsp3) is 0.333. The summed E-state index contributed by atoms with van der Waals surface area (Å²) in [5.74, 6) is -5.76. The topological polar surface area (TPSA) is 165 Å². The van der Waals surface area contributed by atoms with Gasteiger partial charge < -0.3 is 30.7 Å². The monoisotopic (exact) mass is 539 g/mol. The second kappa shape index (κ2) is 9.80. The lowest BCUT2D eigenvalue weighted by molar-refractivity contribution is -0.133. The van der Waals surface area contributed by atoms with Crippen LogP contribution in [-0.2, 0) is 9.59 Å². The number of ketones is 2. The highest BCUT2D eigenvalue weighted by molar-refractivity contribution is 8.00. The van der Waals surface area contributed by atoms with Crippen LogP contribution < -0.4 is 20.5 Å². The van der Waals surface area contributed by atoms with E-state index in [4.69, 9.17) is 15.2 Å². The number of nitrogens with two attached hydrogens (primary N) is 1. The minimum atomic E-state index is -1.48. The van der Waals surface area contributed by atoms with Gasteiger partial charge in [-0.1, -0.05) is 18.2 Å². The van der Waals surface area contributed by atoms with E-state index in [0.717, 1.165) is 0 Å². The van der Waals surface area contributed by atoms with E-state index in [1.165, 1.54) is 14.2 Å². The average molecular weight is 540 g/mol. The minimum absolute atomic E-state index is 0.209. The molecule has 1 fully saturated rings. The number of carbonyl (C=O) groups is 4. The van der Waals surface area contributed by atoms with Gasteiger partial charge >= 0.3 is 0 Å². The molecule has 0 bridgehead atoms. The quantitative estimate of drug-likeness (QED) is 0.281. The molecule has 0 saturated heterocycles. The predicted molar refractivity (Wildman–Crippen MR) is 138 cm³/mol. The van der Waals surface area contributed by atoms with Crippen LogP contribution in [0.15, 0.2) is 58.7 Å². The van der Waals surface area contributed by atoms with Gasteiger partial charge in [0.25, 0.3) is 11.8 Å². The highest BCUT2D eigenvalue weighted by atomic mass is 32.2. The SMILES string of the molecule is COc1cc(OC)c2c(c1)[SH]C1CC3C(NC(=O)c4ccccc4)C(O)=C(C(N)=O)C(=O)C3C(O)C1C2=O. The van der Waals surface area contributed by atoms with Crippen molar-refractivity contribution >= 4 is 35.1 Å². The molecule has 2 aromatic carbocycles. The number of hydrogen-bond acceptors (Lipinski definition) is 8. The lowest BCUT2D eigenvalue weighted by atomic mass is 9.61. The highest BCUT2D eigenvalue weighted by Crippen LogP contribution is 2.53. The molecule has 1 aliphatic heterocycles. The Morgan fingerprint density at radius 2 is 1.76 bits per heavy atom. The number of primary amides is 1. The summed E-state index contributed by atoms with van der Waals surface area (Å²) in [6.45, 7) is 0. The first-order valence-corrected chi connectivity index (χ1v) is 13.0. The summed E-state index contributed by atoms with van der Waals surface area (Å²) < 4.78 is 10.8. The highest BCUT2D eigenvalue weighted by Gasteiger charge is 2.58. The van der Waals surface area contributed by atoms with Crippen molar-refractivity contribution in [3.63, 3.8) is 0 Å². The van der Waals surface area contributed by atoms with Crippen LogP contribution in [0, 0.1) is 17.8 Å². The average Bonchev–Trinajstić information content (AvgIpc) is 2.90. The third-order valence-electron chi connectivity index (χ3n) is 7.59. The van der Waals surface area contributed by atoms with Gasteiger partial charge in [-0.3, -0.25) is 19.2 Å². The molecule has 5 N–H and O–H groups in total. The lowest BCUT2D eigenvalue weighted by Gasteiger charge is -2.50. The second-order valence-corrected chi connectivity index (χ2v) is 10.9. The summed E-state index contributed by atoms with van der Waals surface area (Å²) >= 11 is 0.695. The molecular weight excluding hydrogens is 512 g/mol. The van der Waals surface area contributed by atoms with Crippen LogP contribution in [0.5, 0.6) is 11.5 Å². The smallest absolute Gasteiger partial charge is 0.255 e. The summed E-state index contributed by atoms with van der Waals surface area (Å²) in [4.78, 5) is 53.0. The van der Waals surface area contributed by atoms with Crippen molar-refractivity contribution in [3.8, 4) is 11.5 Å². The fourth-order valence-corrected chi connectivity index (χ4v) is 7.60. The van der Waals surface area contributed by atoms with Crippen molar-refractivity contribution in [2.24, 2.45) is 23.5 Å². The van der Waals surface area contributed by atoms with Crippen molar-refractivity contribution in [2.75, 3.05) is 14.2 Å². The molecule has 6 atom stereocenters. The van der Waals surface area contributed by atoms with Crippen molar-refractivity contribution < 1.29 is 38.9 Å². The number of thiol groups is 1. The molecule has 2 amide bonds. The number of aliphatic hydroxyl groups is 2. The Morgan fingerprint density at radius 1 is 1.05 bits per heavy atom. The van der Waals surface area contributed by atoms with Crippen molar-refractivity contribution in [3.05, 3.63) is 64.9 Å². The molecule has 1 heterocycles. The largest absolute Gasteiger partial charge is 0.509 e. The Balaban J connectivity index is 1.57. The molecule has 38 heavy (non-hydrogen) atoms. The van der Waals surface area contributed by atoms with Gasteiger partial charge in [0.2, 0.25) is 0 Å². The number of Topliss-reactive ketones (excluding diaryl/α,β-unsaturated/α-hetero) is 2. The van der Waals surface area contributed by atoms with Gasteiger partial charge in [0.05, 0.1) is 43.8 Å². The molecule has 0 spiro atoms. The number of amides is 2. The maximum Gasteiger partial charge on any atom is 0.255 e. The van der Waals surface area contributed by atoms with Crippen LogP contribution in [0.2, 0.25) is 0 Å². The lowest BCUT2D eigenvalue weighted by Crippen LogP contribution is -2.61. The van der Waals surface area contributed by atoms with Gasteiger partial charge in [-0.05, 0) is 24.6 Å². The minimum Gasteiger partial charge on any atom is -0.509 e. The zero-order chi connectivity index (χ0) is 27.3. The van der Waals surface area contributed by atoms with E-state index < -0.39 is 64.1 Å². The first-order chi connectivity index (χ1) is 18.2. The summed E-state index contributed by atoms with van der Waals surface area (Å²) in [6.07, 6.45) is -1.27. The number of benzene rings is 2. The van der Waals surface area contributed by atoms with E-state index in [-0.39, 0.29) is 12.2 Å². The van der Waals surface area contributed by atoms with E-state index in [0.29, 0.717) is 39.3 Å². The number of nitrogens with one attached hydrogen (secondary N) is 1. The molecule has 1 saturated carbocycles. The third-order valence-corrected chi connectivity index (χ3v) is 9.08. The first kappa shape index (κ1) is 25.8. The van der Waals surface area contributed by atoms with E-state index in [1.807, 2.05) is 0 Å². The summed E-state index contributed by atoms with van der Waals surface area (Å²) in [5, 5.41) is 24.8. The molecule has 199 valence electrons. The molecule has 1 radical (unpaired) electrons. The third kappa shape index (κ3) is 4.02. The molecule has 6 unspecified atom stereocenters. The van der Waals surface area contributed by atoms with Gasteiger partial charge in [0, 0.05) is 27.7 Å². The number of ether oxygens (including phenoxy) is 2. The van der Waals surface area contributed by atoms with Crippen molar-refractivity contribution in [2.45, 2.75) is 28.7 Å². The van der Waals surface area contributed by atoms with Crippen LogP contribution in [0.1, 0.15) is 27.1 Å². The Bertz CT molecular complexity index is 1370. The molecule has 0 aromatic heterocycles. The van der Waals surface area contributed by atoms with Crippen molar-refractivity contribution in [1.82, 2.24) is 5.32 Å². The Kier molecular flexibility index (Phi) is 6.66. The van der Waals surface area contributed by atoms with Gasteiger partial charge in [0.15, 0.2) is 11.6 Å². The van der Waals surface area contributed by atoms with E-state index in [2.05, 4.69) is 5.32 Å². The number of fused-ring (bicyclic) bond motifs is 3. The number of aliphatic hydroxyl groups excluding tert-OH is 2. The van der Waals surface area contributed by atoms with Gasteiger partial charge in [-0.15, -0.1) is 0 Å². The van der Waals surface area contributed by atoms with Gasteiger partial charge in [-0.2, -0.15) is 11.8 Å². The zero-order valence-electron chi connectivity index (χ0n) is 20.6. The first-order valence-electron chi connectivity index (χ1n) is 12.0. The maximum atomic E-state index is 13.7. The van der Waals surface area contributed by atoms with Gasteiger partial charge in [0.1, 0.15) is 22.8 Å². The normalized spacial score (nSPS) is 28.1. The van der Waals surface area contributed by atoms with Crippen LogP contribution in [0.3, 0.4) is 0 Å². The van der Waals surface area contributed by atoms with E-state index >= 15 is 0 Å².